The van der Waals surface area contributed by atoms with Crippen molar-refractivity contribution in [2.45, 2.75) is 25.8 Å². The van der Waals surface area contributed by atoms with Gasteiger partial charge in [0.15, 0.2) is 0 Å². The average Bonchev–Trinajstić information content (AvgIpc) is 2.95. The fraction of sp³-hybridized carbons (Fsp3) is 0.211. The minimum Gasteiger partial charge on any atom is -0.335 e. The number of rotatable bonds is 5. The second kappa shape index (κ2) is 6.40. The van der Waals surface area contributed by atoms with E-state index in [0.29, 0.717) is 5.92 Å². The number of aromatic nitrogens is 2. The summed E-state index contributed by atoms with van der Waals surface area (Å²) in [7, 11) is 0. The highest BCUT2D eigenvalue weighted by atomic mass is 15.0. The summed E-state index contributed by atoms with van der Waals surface area (Å²) in [6.45, 7) is 3.04. The molecule has 1 heterocycles. The third kappa shape index (κ3) is 3.22. The van der Waals surface area contributed by atoms with Crippen LogP contribution in [0.15, 0.2) is 73.1 Å². The zero-order chi connectivity index (χ0) is 14.5. The lowest BCUT2D eigenvalue weighted by molar-refractivity contribution is 0.584. The Morgan fingerprint density at radius 2 is 1.48 bits per heavy atom. The summed E-state index contributed by atoms with van der Waals surface area (Å²) < 4.78 is 2.22. The molecule has 0 aliphatic rings. The maximum Gasteiger partial charge on any atom is 0.105 e. The second-order valence-electron chi connectivity index (χ2n) is 5.33. The van der Waals surface area contributed by atoms with Crippen molar-refractivity contribution in [3.63, 3.8) is 0 Å². The zero-order valence-electron chi connectivity index (χ0n) is 12.3. The van der Waals surface area contributed by atoms with Gasteiger partial charge < -0.3 is 4.57 Å². The summed E-state index contributed by atoms with van der Waals surface area (Å²) >= 11 is 0. The standard InChI is InChI=1S/C19H20N2/c1-16-20-13-15-21(16)14-12-19(17-8-4-2-5-9-17)18-10-6-3-7-11-18/h2-11,13,15,19H,12,14H2,1H3. The molecule has 0 unspecified atom stereocenters. The first-order valence-electron chi connectivity index (χ1n) is 7.42. The Morgan fingerprint density at radius 3 is 1.95 bits per heavy atom. The van der Waals surface area contributed by atoms with Crippen LogP contribution in [0, 0.1) is 6.92 Å². The van der Waals surface area contributed by atoms with Crippen molar-refractivity contribution in [3.8, 4) is 0 Å². The van der Waals surface area contributed by atoms with Crippen molar-refractivity contribution in [2.24, 2.45) is 0 Å². The molecule has 3 aromatic rings. The molecule has 2 aromatic carbocycles. The van der Waals surface area contributed by atoms with Crippen LogP contribution in [0.3, 0.4) is 0 Å². The lowest BCUT2D eigenvalue weighted by Gasteiger charge is -2.18. The molecule has 106 valence electrons. The smallest absolute Gasteiger partial charge is 0.105 e. The van der Waals surface area contributed by atoms with Crippen molar-refractivity contribution >= 4 is 0 Å². The van der Waals surface area contributed by atoms with Crippen LogP contribution in [0.1, 0.15) is 29.3 Å². The normalized spacial score (nSPS) is 11.0. The minimum atomic E-state index is 0.425. The van der Waals surface area contributed by atoms with Gasteiger partial charge in [0.1, 0.15) is 5.82 Å². The molecule has 2 nitrogen and oxygen atoms in total. The summed E-state index contributed by atoms with van der Waals surface area (Å²) in [4.78, 5) is 4.30. The van der Waals surface area contributed by atoms with Gasteiger partial charge in [0.2, 0.25) is 0 Å². The van der Waals surface area contributed by atoms with Gasteiger partial charge in [-0.15, -0.1) is 0 Å². The van der Waals surface area contributed by atoms with Gasteiger partial charge in [0.25, 0.3) is 0 Å². The largest absolute Gasteiger partial charge is 0.335 e. The van der Waals surface area contributed by atoms with E-state index in [1.165, 1.54) is 11.1 Å². The van der Waals surface area contributed by atoms with Crippen LogP contribution in [0.2, 0.25) is 0 Å². The first-order valence-corrected chi connectivity index (χ1v) is 7.42. The van der Waals surface area contributed by atoms with Crippen LogP contribution in [-0.4, -0.2) is 9.55 Å². The summed E-state index contributed by atoms with van der Waals surface area (Å²) in [5, 5.41) is 0. The van der Waals surface area contributed by atoms with Crippen molar-refractivity contribution in [1.29, 1.82) is 0 Å². The van der Waals surface area contributed by atoms with Gasteiger partial charge in [-0.1, -0.05) is 60.7 Å². The lowest BCUT2D eigenvalue weighted by atomic mass is 9.88. The molecular formula is C19H20N2. The molecular weight excluding hydrogens is 256 g/mol. The molecule has 0 spiro atoms. The number of benzene rings is 2. The Balaban J connectivity index is 1.85. The van der Waals surface area contributed by atoms with Gasteiger partial charge in [-0.2, -0.15) is 0 Å². The Morgan fingerprint density at radius 1 is 0.905 bits per heavy atom. The molecule has 2 heteroatoms. The number of imidazole rings is 1. The van der Waals surface area contributed by atoms with Gasteiger partial charge in [0, 0.05) is 24.9 Å². The molecule has 0 aliphatic carbocycles. The first kappa shape index (κ1) is 13.6. The third-order valence-corrected chi connectivity index (χ3v) is 3.99. The van der Waals surface area contributed by atoms with Crippen LogP contribution in [0.4, 0.5) is 0 Å². The Kier molecular flexibility index (Phi) is 4.15. The van der Waals surface area contributed by atoms with E-state index in [-0.39, 0.29) is 0 Å². The molecule has 0 saturated carbocycles. The minimum absolute atomic E-state index is 0.425. The summed E-state index contributed by atoms with van der Waals surface area (Å²) in [6.07, 6.45) is 5.00. The lowest BCUT2D eigenvalue weighted by Crippen LogP contribution is -2.07. The number of hydrogen-bond donors (Lipinski definition) is 0. The zero-order valence-corrected chi connectivity index (χ0v) is 12.3. The predicted molar refractivity (Wildman–Crippen MR) is 86.3 cm³/mol. The fourth-order valence-corrected chi connectivity index (χ4v) is 2.80. The predicted octanol–water partition coefficient (Wildman–Crippen LogP) is 4.41. The molecule has 0 aliphatic heterocycles. The van der Waals surface area contributed by atoms with Gasteiger partial charge in [-0.25, -0.2) is 4.98 Å². The summed E-state index contributed by atoms with van der Waals surface area (Å²) in [5.41, 5.74) is 2.75. The highest BCUT2D eigenvalue weighted by Crippen LogP contribution is 2.28. The number of nitrogens with zero attached hydrogens (tertiary/aromatic N) is 2. The van der Waals surface area contributed by atoms with Crippen molar-refractivity contribution in [3.05, 3.63) is 90.0 Å². The average molecular weight is 276 g/mol. The van der Waals surface area contributed by atoms with Crippen LogP contribution in [0.25, 0.3) is 0 Å². The highest BCUT2D eigenvalue weighted by Gasteiger charge is 2.14. The molecule has 0 N–H and O–H groups in total. The molecule has 0 bridgehead atoms. The van der Waals surface area contributed by atoms with Crippen LogP contribution >= 0.6 is 0 Å². The molecule has 0 amide bonds. The maximum atomic E-state index is 4.30. The summed E-state index contributed by atoms with van der Waals surface area (Å²) in [6, 6.07) is 21.5. The first-order chi connectivity index (χ1) is 10.3. The van der Waals surface area contributed by atoms with Crippen LogP contribution < -0.4 is 0 Å². The third-order valence-electron chi connectivity index (χ3n) is 3.99. The van der Waals surface area contributed by atoms with E-state index < -0.39 is 0 Å². The van der Waals surface area contributed by atoms with E-state index in [9.17, 15) is 0 Å². The Hall–Kier alpha value is -2.35. The van der Waals surface area contributed by atoms with E-state index >= 15 is 0 Å². The molecule has 1 aromatic heterocycles. The second-order valence-corrected chi connectivity index (χ2v) is 5.33. The van der Waals surface area contributed by atoms with Gasteiger partial charge in [-0.05, 0) is 24.5 Å². The molecule has 0 atom stereocenters. The van der Waals surface area contributed by atoms with E-state index in [1.807, 2.05) is 6.20 Å². The molecule has 0 radical (unpaired) electrons. The van der Waals surface area contributed by atoms with E-state index in [4.69, 9.17) is 0 Å². The molecule has 3 rings (SSSR count). The van der Waals surface area contributed by atoms with E-state index in [2.05, 4.69) is 83.3 Å². The Labute approximate surface area is 126 Å². The van der Waals surface area contributed by atoms with E-state index in [0.717, 1.165) is 18.8 Å². The van der Waals surface area contributed by atoms with Crippen molar-refractivity contribution in [2.75, 3.05) is 0 Å². The van der Waals surface area contributed by atoms with E-state index in [1.54, 1.807) is 0 Å². The van der Waals surface area contributed by atoms with Crippen molar-refractivity contribution < 1.29 is 0 Å². The molecule has 21 heavy (non-hydrogen) atoms. The SMILES string of the molecule is Cc1nccn1CCC(c1ccccc1)c1ccccc1. The monoisotopic (exact) mass is 276 g/mol. The summed E-state index contributed by atoms with van der Waals surface area (Å²) in [5.74, 6) is 1.50. The fourth-order valence-electron chi connectivity index (χ4n) is 2.80. The van der Waals surface area contributed by atoms with Gasteiger partial charge >= 0.3 is 0 Å². The quantitative estimate of drug-likeness (QED) is 0.674. The van der Waals surface area contributed by atoms with Gasteiger partial charge in [0.05, 0.1) is 0 Å². The molecule has 0 saturated heterocycles. The topological polar surface area (TPSA) is 17.8 Å². The van der Waals surface area contributed by atoms with Crippen molar-refractivity contribution in [1.82, 2.24) is 9.55 Å². The highest BCUT2D eigenvalue weighted by molar-refractivity contribution is 5.32. The molecule has 0 fully saturated rings. The van der Waals surface area contributed by atoms with Crippen LogP contribution in [-0.2, 0) is 6.54 Å². The van der Waals surface area contributed by atoms with Gasteiger partial charge in [-0.3, -0.25) is 0 Å². The number of hydrogen-bond acceptors (Lipinski definition) is 1. The Bertz CT molecular complexity index is 632. The maximum absolute atomic E-state index is 4.30. The number of aryl methyl sites for hydroxylation is 2. The van der Waals surface area contributed by atoms with Crippen LogP contribution in [0.5, 0.6) is 0 Å².